The number of benzene rings is 1. The molecule has 0 aliphatic carbocycles. The largest absolute Gasteiger partial charge is 0.497 e. The van der Waals surface area contributed by atoms with Crippen molar-refractivity contribution in [2.24, 2.45) is 5.41 Å². The normalized spacial score (nSPS) is 21.8. The van der Waals surface area contributed by atoms with Crippen LogP contribution in [0, 0.1) is 5.41 Å². The lowest BCUT2D eigenvalue weighted by Gasteiger charge is -2.39. The molecule has 2 rings (SSSR count). The van der Waals surface area contributed by atoms with Gasteiger partial charge in [0.1, 0.15) is 11.5 Å². The van der Waals surface area contributed by atoms with E-state index in [-0.39, 0.29) is 0 Å². The molecule has 19 heavy (non-hydrogen) atoms. The highest BCUT2D eigenvalue weighted by Crippen LogP contribution is 2.38. The first-order valence-electron chi connectivity index (χ1n) is 6.63. The molecule has 1 aromatic carbocycles. The Hall–Kier alpha value is -1.03. The topological polar surface area (TPSA) is 30.5 Å². The molecule has 0 radical (unpaired) electrons. The molecule has 1 aromatic rings. The van der Waals surface area contributed by atoms with Gasteiger partial charge in [-0.05, 0) is 29.7 Å². The minimum Gasteiger partial charge on any atom is -0.497 e. The fraction of sp³-hybridized carbons (Fsp3) is 0.600. The number of thioether (sulfide) groups is 1. The Balaban J connectivity index is 2.21. The Morgan fingerprint density at radius 1 is 1.26 bits per heavy atom. The Bertz CT molecular complexity index is 434. The van der Waals surface area contributed by atoms with Gasteiger partial charge in [0.25, 0.3) is 0 Å². The fourth-order valence-corrected chi connectivity index (χ4v) is 3.90. The summed E-state index contributed by atoms with van der Waals surface area (Å²) >= 11 is 2.01. The number of methoxy groups -OCH3 is 2. The molecule has 0 aromatic heterocycles. The molecule has 0 saturated carbocycles. The van der Waals surface area contributed by atoms with Crippen molar-refractivity contribution in [3.8, 4) is 11.5 Å². The molecule has 1 heterocycles. The summed E-state index contributed by atoms with van der Waals surface area (Å²) in [5.74, 6) is 4.10. The van der Waals surface area contributed by atoms with Gasteiger partial charge in [0.05, 0.1) is 19.9 Å². The van der Waals surface area contributed by atoms with E-state index < -0.39 is 0 Å². The highest BCUT2D eigenvalue weighted by molar-refractivity contribution is 7.99. The Morgan fingerprint density at radius 3 is 2.68 bits per heavy atom. The second-order valence-electron chi connectivity index (χ2n) is 5.58. The highest BCUT2D eigenvalue weighted by Gasteiger charge is 2.33. The van der Waals surface area contributed by atoms with Crippen molar-refractivity contribution in [1.29, 1.82) is 0 Å². The Morgan fingerprint density at radius 2 is 2.05 bits per heavy atom. The molecule has 1 atom stereocenters. The predicted octanol–water partition coefficient (Wildman–Crippen LogP) is 3.65. The number of hydrogen-bond acceptors (Lipinski definition) is 4. The predicted molar refractivity (Wildman–Crippen MR) is 82.7 cm³/mol. The van der Waals surface area contributed by atoms with Crippen LogP contribution < -0.4 is 14.8 Å². The third kappa shape index (κ3) is 3.30. The van der Waals surface area contributed by atoms with Crippen LogP contribution in [0.4, 0.5) is 5.69 Å². The maximum absolute atomic E-state index is 5.43. The lowest BCUT2D eigenvalue weighted by atomic mass is 9.82. The van der Waals surface area contributed by atoms with Crippen LogP contribution in [0.1, 0.15) is 20.3 Å². The molecular weight excluding hydrogens is 258 g/mol. The summed E-state index contributed by atoms with van der Waals surface area (Å²) in [7, 11) is 3.39. The molecule has 1 N–H and O–H groups in total. The average Bonchev–Trinajstić information content (AvgIpc) is 2.41. The summed E-state index contributed by atoms with van der Waals surface area (Å²) < 4.78 is 10.7. The van der Waals surface area contributed by atoms with Crippen molar-refractivity contribution in [3.05, 3.63) is 18.2 Å². The third-order valence-corrected chi connectivity index (χ3v) is 4.92. The fourth-order valence-electron chi connectivity index (χ4n) is 2.29. The van der Waals surface area contributed by atoms with Crippen LogP contribution >= 0.6 is 11.8 Å². The van der Waals surface area contributed by atoms with E-state index in [2.05, 4.69) is 19.2 Å². The number of hydrogen-bond donors (Lipinski definition) is 1. The van der Waals surface area contributed by atoms with Crippen LogP contribution in [0.15, 0.2) is 18.2 Å². The van der Waals surface area contributed by atoms with E-state index in [1.54, 1.807) is 14.2 Å². The Kier molecular flexibility index (Phi) is 4.50. The SMILES string of the molecule is COc1ccc(OC)c(NC2CSCCC2(C)C)c1. The van der Waals surface area contributed by atoms with Crippen molar-refractivity contribution < 1.29 is 9.47 Å². The monoisotopic (exact) mass is 281 g/mol. The van der Waals surface area contributed by atoms with Gasteiger partial charge in [0.2, 0.25) is 0 Å². The van der Waals surface area contributed by atoms with Crippen molar-refractivity contribution >= 4 is 17.4 Å². The molecule has 4 heteroatoms. The molecule has 1 aliphatic heterocycles. The molecule has 1 unspecified atom stereocenters. The number of anilines is 1. The van der Waals surface area contributed by atoms with Crippen molar-refractivity contribution in [2.75, 3.05) is 31.0 Å². The van der Waals surface area contributed by atoms with Gasteiger partial charge in [-0.15, -0.1) is 0 Å². The van der Waals surface area contributed by atoms with Crippen molar-refractivity contribution in [1.82, 2.24) is 0 Å². The van der Waals surface area contributed by atoms with Crippen LogP contribution in [-0.2, 0) is 0 Å². The Labute approximate surface area is 120 Å². The molecule has 0 bridgehead atoms. The molecule has 1 saturated heterocycles. The number of ether oxygens (including phenoxy) is 2. The lowest BCUT2D eigenvalue weighted by molar-refractivity contribution is 0.304. The number of nitrogens with one attached hydrogen (secondary N) is 1. The van der Waals surface area contributed by atoms with Crippen molar-refractivity contribution in [2.45, 2.75) is 26.3 Å². The van der Waals surface area contributed by atoms with Crippen LogP contribution in [-0.4, -0.2) is 31.8 Å². The molecule has 0 spiro atoms. The lowest BCUT2D eigenvalue weighted by Crippen LogP contribution is -2.41. The zero-order chi connectivity index (χ0) is 13.9. The van der Waals surface area contributed by atoms with Gasteiger partial charge in [-0.2, -0.15) is 11.8 Å². The van der Waals surface area contributed by atoms with E-state index in [1.165, 1.54) is 12.2 Å². The maximum atomic E-state index is 5.43. The average molecular weight is 281 g/mol. The summed E-state index contributed by atoms with van der Waals surface area (Å²) in [6, 6.07) is 6.33. The first-order chi connectivity index (χ1) is 9.06. The third-order valence-electron chi connectivity index (χ3n) is 3.85. The van der Waals surface area contributed by atoms with Crippen molar-refractivity contribution in [3.63, 3.8) is 0 Å². The number of rotatable bonds is 4. The second kappa shape index (κ2) is 5.95. The van der Waals surface area contributed by atoms with E-state index in [0.29, 0.717) is 11.5 Å². The van der Waals surface area contributed by atoms with Gasteiger partial charge in [-0.1, -0.05) is 13.8 Å². The minimum absolute atomic E-state index is 0.305. The van der Waals surface area contributed by atoms with E-state index in [0.717, 1.165) is 22.9 Å². The van der Waals surface area contributed by atoms with Gasteiger partial charge >= 0.3 is 0 Å². The standard InChI is InChI=1S/C15H23NO2S/c1-15(2)7-8-19-10-14(15)16-12-9-11(17-3)5-6-13(12)18-4/h5-6,9,14,16H,7-8,10H2,1-4H3. The molecule has 1 aliphatic rings. The van der Waals surface area contributed by atoms with E-state index in [1.807, 2.05) is 30.0 Å². The van der Waals surface area contributed by atoms with Gasteiger partial charge in [0, 0.05) is 17.9 Å². The van der Waals surface area contributed by atoms with Gasteiger partial charge in [-0.25, -0.2) is 0 Å². The van der Waals surface area contributed by atoms with Crippen LogP contribution in [0.3, 0.4) is 0 Å². The zero-order valence-corrected chi connectivity index (χ0v) is 13.0. The summed E-state index contributed by atoms with van der Waals surface area (Å²) in [6.07, 6.45) is 1.24. The molecule has 106 valence electrons. The van der Waals surface area contributed by atoms with Crippen LogP contribution in [0.5, 0.6) is 11.5 Å². The van der Waals surface area contributed by atoms with Gasteiger partial charge < -0.3 is 14.8 Å². The van der Waals surface area contributed by atoms with E-state index >= 15 is 0 Å². The summed E-state index contributed by atoms with van der Waals surface area (Å²) in [5.41, 5.74) is 1.32. The van der Waals surface area contributed by atoms with Crippen LogP contribution in [0.2, 0.25) is 0 Å². The summed E-state index contributed by atoms with van der Waals surface area (Å²) in [4.78, 5) is 0. The molecule has 0 amide bonds. The molecule has 1 fully saturated rings. The van der Waals surface area contributed by atoms with E-state index in [9.17, 15) is 0 Å². The van der Waals surface area contributed by atoms with Gasteiger partial charge in [-0.3, -0.25) is 0 Å². The highest BCUT2D eigenvalue weighted by atomic mass is 32.2. The maximum Gasteiger partial charge on any atom is 0.142 e. The first kappa shape index (κ1) is 14.4. The smallest absolute Gasteiger partial charge is 0.142 e. The van der Waals surface area contributed by atoms with Gasteiger partial charge in [0.15, 0.2) is 0 Å². The summed E-state index contributed by atoms with van der Waals surface area (Å²) in [5, 5.41) is 3.64. The second-order valence-corrected chi connectivity index (χ2v) is 6.73. The molecular formula is C15H23NO2S. The zero-order valence-electron chi connectivity index (χ0n) is 12.2. The van der Waals surface area contributed by atoms with E-state index in [4.69, 9.17) is 9.47 Å². The minimum atomic E-state index is 0.305. The quantitative estimate of drug-likeness (QED) is 0.912. The van der Waals surface area contributed by atoms with Crippen LogP contribution in [0.25, 0.3) is 0 Å². The molecule has 3 nitrogen and oxygen atoms in total. The summed E-state index contributed by atoms with van der Waals surface area (Å²) in [6.45, 7) is 4.66. The first-order valence-corrected chi connectivity index (χ1v) is 7.78.